The van der Waals surface area contributed by atoms with Crippen LogP contribution in [0.4, 0.5) is 0 Å². The number of nitrogens with one attached hydrogen (secondary N) is 1. The highest BCUT2D eigenvalue weighted by molar-refractivity contribution is 4.86. The van der Waals surface area contributed by atoms with Gasteiger partial charge in [-0.1, -0.05) is 27.7 Å². The van der Waals surface area contributed by atoms with Crippen LogP contribution in [0, 0.1) is 5.41 Å². The van der Waals surface area contributed by atoms with Gasteiger partial charge in [0.15, 0.2) is 0 Å². The van der Waals surface area contributed by atoms with Crippen molar-refractivity contribution < 1.29 is 9.47 Å². The Morgan fingerprint density at radius 2 is 2.11 bits per heavy atom. The maximum absolute atomic E-state index is 5.76. The van der Waals surface area contributed by atoms with E-state index >= 15 is 0 Å². The first-order chi connectivity index (χ1) is 8.99. The fraction of sp³-hybridized carbons (Fsp3) is 1.00. The Hall–Kier alpha value is -0.120. The quantitative estimate of drug-likeness (QED) is 0.734. The molecule has 0 aromatic heterocycles. The average molecular weight is 271 g/mol. The fourth-order valence-electron chi connectivity index (χ4n) is 3.18. The van der Waals surface area contributed by atoms with Crippen molar-refractivity contribution in [2.24, 2.45) is 5.41 Å². The van der Waals surface area contributed by atoms with E-state index in [1.807, 2.05) is 7.11 Å². The minimum Gasteiger partial charge on any atom is -0.379 e. The van der Waals surface area contributed by atoms with Crippen molar-refractivity contribution in [2.45, 2.75) is 78.0 Å². The molecule has 19 heavy (non-hydrogen) atoms. The van der Waals surface area contributed by atoms with Gasteiger partial charge in [0.2, 0.25) is 0 Å². The third-order valence-electron chi connectivity index (χ3n) is 4.00. The van der Waals surface area contributed by atoms with Crippen LogP contribution in [0.5, 0.6) is 0 Å². The molecule has 0 bridgehead atoms. The third-order valence-corrected chi connectivity index (χ3v) is 4.00. The molecule has 1 rings (SSSR count). The first-order valence-corrected chi connectivity index (χ1v) is 7.86. The van der Waals surface area contributed by atoms with Crippen LogP contribution in [0.25, 0.3) is 0 Å². The molecule has 0 aromatic rings. The van der Waals surface area contributed by atoms with E-state index in [1.165, 1.54) is 32.1 Å². The van der Waals surface area contributed by atoms with Crippen LogP contribution in [0.1, 0.15) is 59.8 Å². The van der Waals surface area contributed by atoms with Crippen LogP contribution in [0.2, 0.25) is 0 Å². The molecule has 1 N–H and O–H groups in total. The Balaban J connectivity index is 2.41. The molecule has 3 unspecified atom stereocenters. The van der Waals surface area contributed by atoms with Gasteiger partial charge in [0.25, 0.3) is 0 Å². The van der Waals surface area contributed by atoms with E-state index in [0.29, 0.717) is 12.1 Å². The van der Waals surface area contributed by atoms with E-state index in [4.69, 9.17) is 9.47 Å². The second kappa shape index (κ2) is 8.23. The Labute approximate surface area is 119 Å². The number of hydrogen-bond donors (Lipinski definition) is 1. The summed E-state index contributed by atoms with van der Waals surface area (Å²) in [5.41, 5.74) is 0.172. The largest absolute Gasteiger partial charge is 0.379 e. The summed E-state index contributed by atoms with van der Waals surface area (Å²) in [6.45, 7) is 10.9. The molecule has 1 fully saturated rings. The first kappa shape index (κ1) is 16.9. The molecule has 1 aliphatic heterocycles. The van der Waals surface area contributed by atoms with Crippen molar-refractivity contribution in [1.29, 1.82) is 0 Å². The summed E-state index contributed by atoms with van der Waals surface area (Å²) in [4.78, 5) is 0. The maximum Gasteiger partial charge on any atom is 0.0772 e. The van der Waals surface area contributed by atoms with Crippen LogP contribution in [0.3, 0.4) is 0 Å². The number of likely N-dealkylation sites (N-methyl/N-ethyl adjacent to an activating group) is 1. The lowest BCUT2D eigenvalue weighted by molar-refractivity contribution is -0.0141. The molecule has 1 heterocycles. The molecule has 0 spiro atoms. The molecule has 0 radical (unpaired) electrons. The maximum atomic E-state index is 5.76. The Morgan fingerprint density at radius 3 is 2.58 bits per heavy atom. The SMILES string of the molecule is CCNC(CCCC1CCCO1)C(OC)C(C)(C)C. The first-order valence-electron chi connectivity index (χ1n) is 7.86. The summed E-state index contributed by atoms with van der Waals surface area (Å²) in [6.07, 6.45) is 6.85. The highest BCUT2D eigenvalue weighted by Gasteiger charge is 2.31. The smallest absolute Gasteiger partial charge is 0.0772 e. The summed E-state index contributed by atoms with van der Waals surface area (Å²) in [6, 6.07) is 0.441. The van der Waals surface area contributed by atoms with Crippen LogP contribution in [0.15, 0.2) is 0 Å². The van der Waals surface area contributed by atoms with Gasteiger partial charge < -0.3 is 14.8 Å². The standard InChI is InChI=1S/C16H33NO2/c1-6-17-14(15(18-5)16(2,3)4)11-7-9-13-10-8-12-19-13/h13-15,17H,6-12H2,1-5H3. The Morgan fingerprint density at radius 1 is 1.37 bits per heavy atom. The molecule has 0 aromatic carbocycles. The molecule has 114 valence electrons. The Kier molecular flexibility index (Phi) is 7.33. The van der Waals surface area contributed by atoms with Crippen LogP contribution < -0.4 is 5.32 Å². The minimum absolute atomic E-state index is 0.172. The average Bonchev–Trinajstić information content (AvgIpc) is 2.81. The molecule has 1 aliphatic rings. The molecule has 3 heteroatoms. The van der Waals surface area contributed by atoms with Crippen molar-refractivity contribution >= 4 is 0 Å². The molecule has 1 saturated heterocycles. The van der Waals surface area contributed by atoms with E-state index in [9.17, 15) is 0 Å². The number of ether oxygens (including phenoxy) is 2. The van der Waals surface area contributed by atoms with Gasteiger partial charge in [0.05, 0.1) is 12.2 Å². The molecule has 3 nitrogen and oxygen atoms in total. The van der Waals surface area contributed by atoms with Gasteiger partial charge in [-0.2, -0.15) is 0 Å². The zero-order chi connectivity index (χ0) is 14.3. The van der Waals surface area contributed by atoms with E-state index in [1.54, 1.807) is 0 Å². The zero-order valence-corrected chi connectivity index (χ0v) is 13.5. The predicted octanol–water partition coefficient (Wildman–Crippen LogP) is 3.37. The van der Waals surface area contributed by atoms with Gasteiger partial charge in [0, 0.05) is 19.8 Å². The molecule has 0 aliphatic carbocycles. The van der Waals surface area contributed by atoms with Gasteiger partial charge in [0.1, 0.15) is 0 Å². The van der Waals surface area contributed by atoms with E-state index in [-0.39, 0.29) is 11.5 Å². The third kappa shape index (κ3) is 5.80. The van der Waals surface area contributed by atoms with E-state index < -0.39 is 0 Å². The number of rotatable bonds is 8. The summed E-state index contributed by atoms with van der Waals surface area (Å²) < 4.78 is 11.5. The lowest BCUT2D eigenvalue weighted by Gasteiger charge is -2.36. The normalized spacial score (nSPS) is 23.5. The van der Waals surface area contributed by atoms with Crippen molar-refractivity contribution in [3.63, 3.8) is 0 Å². The van der Waals surface area contributed by atoms with Gasteiger partial charge in [-0.3, -0.25) is 0 Å². The molecule has 3 atom stereocenters. The lowest BCUT2D eigenvalue weighted by atomic mass is 9.82. The van der Waals surface area contributed by atoms with E-state index in [2.05, 4.69) is 33.0 Å². The van der Waals surface area contributed by atoms with Gasteiger partial charge >= 0.3 is 0 Å². The van der Waals surface area contributed by atoms with Gasteiger partial charge in [-0.15, -0.1) is 0 Å². The monoisotopic (exact) mass is 271 g/mol. The number of methoxy groups -OCH3 is 1. The van der Waals surface area contributed by atoms with Crippen LogP contribution in [-0.4, -0.2) is 38.5 Å². The van der Waals surface area contributed by atoms with Crippen molar-refractivity contribution in [3.05, 3.63) is 0 Å². The lowest BCUT2D eigenvalue weighted by Crippen LogP contribution is -2.47. The molecular weight excluding hydrogens is 238 g/mol. The minimum atomic E-state index is 0.172. The molecule has 0 saturated carbocycles. The van der Waals surface area contributed by atoms with Crippen molar-refractivity contribution in [2.75, 3.05) is 20.3 Å². The topological polar surface area (TPSA) is 30.5 Å². The highest BCUT2D eigenvalue weighted by atomic mass is 16.5. The highest BCUT2D eigenvalue weighted by Crippen LogP contribution is 2.27. The fourth-order valence-corrected chi connectivity index (χ4v) is 3.18. The predicted molar refractivity (Wildman–Crippen MR) is 80.5 cm³/mol. The second-order valence-electron chi connectivity index (χ2n) is 6.75. The summed E-state index contributed by atoms with van der Waals surface area (Å²) >= 11 is 0. The van der Waals surface area contributed by atoms with Crippen molar-refractivity contribution in [1.82, 2.24) is 5.32 Å². The van der Waals surface area contributed by atoms with E-state index in [0.717, 1.165) is 13.2 Å². The second-order valence-corrected chi connectivity index (χ2v) is 6.75. The summed E-state index contributed by atoms with van der Waals surface area (Å²) in [7, 11) is 1.83. The van der Waals surface area contributed by atoms with Gasteiger partial charge in [-0.05, 0) is 44.1 Å². The number of hydrogen-bond acceptors (Lipinski definition) is 3. The molecule has 0 amide bonds. The molecular formula is C16H33NO2. The summed E-state index contributed by atoms with van der Waals surface area (Å²) in [5.74, 6) is 0. The van der Waals surface area contributed by atoms with Gasteiger partial charge in [-0.25, -0.2) is 0 Å². The van der Waals surface area contributed by atoms with Crippen LogP contribution in [-0.2, 0) is 9.47 Å². The summed E-state index contributed by atoms with van der Waals surface area (Å²) in [5, 5.41) is 3.60. The van der Waals surface area contributed by atoms with Crippen LogP contribution >= 0.6 is 0 Å². The Bertz CT molecular complexity index is 231. The zero-order valence-electron chi connectivity index (χ0n) is 13.5. The van der Waals surface area contributed by atoms with Crippen molar-refractivity contribution in [3.8, 4) is 0 Å².